The molecule has 0 spiro atoms. The van der Waals surface area contributed by atoms with Crippen molar-refractivity contribution in [3.05, 3.63) is 122 Å². The zero-order valence-corrected chi connectivity index (χ0v) is 41.6. The third-order valence-electron chi connectivity index (χ3n) is 6.09. The van der Waals surface area contributed by atoms with Crippen LogP contribution in [0.15, 0.2) is 83.0 Å². The molecule has 5 aromatic rings. The number of esters is 2. The zero-order valence-electron chi connectivity index (χ0n) is 30.6. The van der Waals surface area contributed by atoms with Crippen LogP contribution in [0.25, 0.3) is 0 Å². The van der Waals surface area contributed by atoms with Crippen LogP contribution in [0.5, 0.6) is 17.6 Å². The van der Waals surface area contributed by atoms with E-state index in [1.54, 1.807) is 49.6 Å². The van der Waals surface area contributed by atoms with Crippen molar-refractivity contribution in [2.24, 2.45) is 0 Å². The van der Waals surface area contributed by atoms with Gasteiger partial charge in [0.15, 0.2) is 17.1 Å². The number of alkyl halides is 1. The van der Waals surface area contributed by atoms with Gasteiger partial charge in [-0.15, -0.1) is 0 Å². The number of hydrogen-bond acceptors (Lipinski definition) is 14. The summed E-state index contributed by atoms with van der Waals surface area (Å²) in [5, 5.41) is 18.5. The second-order valence-corrected chi connectivity index (χ2v) is 15.4. The topological polar surface area (TPSA) is 202 Å². The van der Waals surface area contributed by atoms with E-state index in [9.17, 15) is 14.4 Å². The molecule has 0 amide bonds. The maximum atomic E-state index is 11.1. The molecule has 0 unspecified atom stereocenters. The van der Waals surface area contributed by atoms with Gasteiger partial charge in [0.25, 0.3) is 0 Å². The first-order valence-corrected chi connectivity index (χ1v) is 21.1. The standard InChI is InChI=1S/C8H8BrNO3.C7H7Br2NO.C7H5BrClNO2.C7H8BrNO2.C6H3BrClNO2/c1-12-6-4-3-5(9)7(10-6)8(11)13-2;1-11-7-3-2-5(9)6(4-8)10-7;1-12-7(11)6-4(8)2-3-5(9)10-6;1-11-7-3-2-5(8)6(4-10)9-7;7-3-1-2-4(8)9-5(3)6(10)11/h3-4H,1-2H3;2-3H,4H2,1H3;2-3H,1H3;2-3,10H,4H2,1H3;1-2H,(H,10,11). The average Bonchev–Trinajstić information content (AvgIpc) is 3.23. The van der Waals surface area contributed by atoms with Crippen molar-refractivity contribution >= 4 is 137 Å². The Morgan fingerprint density at radius 3 is 1.26 bits per heavy atom. The molecule has 0 aliphatic rings. The highest BCUT2D eigenvalue weighted by molar-refractivity contribution is 9.11. The number of carbonyl (C=O) groups excluding carboxylic acids is 2. The van der Waals surface area contributed by atoms with E-state index in [4.69, 9.17) is 47.6 Å². The maximum Gasteiger partial charge on any atom is 0.357 e. The number of carboxylic acids is 1. The quantitative estimate of drug-likeness (QED) is 0.0843. The van der Waals surface area contributed by atoms with Crippen LogP contribution in [0.3, 0.4) is 0 Å². The predicted octanol–water partition coefficient (Wildman–Crippen LogP) is 10.2. The molecule has 58 heavy (non-hydrogen) atoms. The van der Waals surface area contributed by atoms with Crippen molar-refractivity contribution in [1.29, 1.82) is 0 Å². The fourth-order valence-electron chi connectivity index (χ4n) is 3.36. The molecule has 2 N–H and O–H groups in total. The predicted molar refractivity (Wildman–Crippen MR) is 238 cm³/mol. The first-order chi connectivity index (χ1) is 27.5. The third kappa shape index (κ3) is 18.5. The Morgan fingerprint density at radius 2 is 0.879 bits per heavy atom. The van der Waals surface area contributed by atoms with Gasteiger partial charge in [-0.1, -0.05) is 39.1 Å². The molecular weight excluding hydrogens is 1200 g/mol. The van der Waals surface area contributed by atoms with Gasteiger partial charge in [-0.2, -0.15) is 0 Å². The molecule has 0 aliphatic heterocycles. The lowest BCUT2D eigenvalue weighted by molar-refractivity contribution is 0.0583. The van der Waals surface area contributed by atoms with E-state index in [1.165, 1.54) is 34.5 Å². The van der Waals surface area contributed by atoms with Crippen LogP contribution in [-0.2, 0) is 21.4 Å². The highest BCUT2D eigenvalue weighted by Gasteiger charge is 2.14. The summed E-state index contributed by atoms with van der Waals surface area (Å²) in [6.45, 7) is -0.0855. The number of methoxy groups -OCH3 is 5. The lowest BCUT2D eigenvalue weighted by atomic mass is 10.3. The van der Waals surface area contributed by atoms with E-state index in [-0.39, 0.29) is 34.0 Å². The van der Waals surface area contributed by atoms with Gasteiger partial charge in [0.2, 0.25) is 17.6 Å². The van der Waals surface area contributed by atoms with Crippen LogP contribution in [0.4, 0.5) is 0 Å². The molecule has 5 aromatic heterocycles. The van der Waals surface area contributed by atoms with Crippen LogP contribution in [0.1, 0.15) is 42.9 Å². The van der Waals surface area contributed by atoms with Crippen molar-refractivity contribution in [2.75, 3.05) is 35.5 Å². The second-order valence-electron chi connectivity index (χ2n) is 9.76. The van der Waals surface area contributed by atoms with Crippen molar-refractivity contribution in [3.63, 3.8) is 0 Å². The van der Waals surface area contributed by atoms with Gasteiger partial charge in [-0.25, -0.2) is 39.3 Å². The number of aromatic nitrogens is 5. The van der Waals surface area contributed by atoms with E-state index in [0.29, 0.717) is 36.8 Å². The first kappa shape index (κ1) is 53.0. The third-order valence-corrected chi connectivity index (χ3v) is 10.4. The number of ether oxygens (including phenoxy) is 5. The number of aromatic carboxylic acids is 1. The Balaban J connectivity index is 0.000000363. The molecule has 0 bridgehead atoms. The van der Waals surface area contributed by atoms with Crippen molar-refractivity contribution < 1.29 is 48.3 Å². The van der Waals surface area contributed by atoms with E-state index in [0.717, 1.165) is 20.0 Å². The SMILES string of the molecule is COC(=O)c1nc(Cl)ccc1Br.COC(=O)c1nc(OC)ccc1Br.COc1ccc(Br)c(CBr)n1.COc1ccc(Br)c(CO)n1.O=C(O)c1nc(Cl)ccc1Br. The summed E-state index contributed by atoms with van der Waals surface area (Å²) in [5.41, 5.74) is 1.86. The number of nitrogens with zero attached hydrogens (tertiary/aromatic N) is 5. The average molecular weight is 1230 g/mol. The number of carboxylic acid groups (broad SMARTS) is 1. The molecule has 0 saturated heterocycles. The maximum absolute atomic E-state index is 11.1. The minimum atomic E-state index is -1.10. The minimum absolute atomic E-state index is 0.0718. The summed E-state index contributed by atoms with van der Waals surface area (Å²) in [7, 11) is 7.22. The van der Waals surface area contributed by atoms with Gasteiger partial charge in [0.05, 0.1) is 67.0 Å². The molecule has 5 rings (SSSR count). The summed E-state index contributed by atoms with van der Waals surface area (Å²) >= 11 is 30.3. The molecule has 0 aliphatic carbocycles. The van der Waals surface area contributed by atoms with E-state index >= 15 is 0 Å². The second kappa shape index (κ2) is 28.4. The molecule has 15 nitrogen and oxygen atoms in total. The fourth-order valence-corrected chi connectivity index (χ4v) is 6.33. The first-order valence-electron chi connectivity index (χ1n) is 15.3. The van der Waals surface area contributed by atoms with Gasteiger partial charge in [0.1, 0.15) is 10.3 Å². The Morgan fingerprint density at radius 1 is 0.534 bits per heavy atom. The Kier molecular flexibility index (Phi) is 26.0. The van der Waals surface area contributed by atoms with Crippen LogP contribution < -0.4 is 14.2 Å². The highest BCUT2D eigenvalue weighted by atomic mass is 79.9. The molecule has 312 valence electrons. The summed E-state index contributed by atoms with van der Waals surface area (Å²) in [4.78, 5) is 52.0. The van der Waals surface area contributed by atoms with E-state index in [2.05, 4.69) is 130 Å². The van der Waals surface area contributed by atoms with Gasteiger partial charge in [-0.05, 0) is 122 Å². The minimum Gasteiger partial charge on any atom is -0.481 e. The number of aliphatic hydroxyl groups is 1. The summed E-state index contributed by atoms with van der Waals surface area (Å²) < 4.78 is 27.1. The summed E-state index contributed by atoms with van der Waals surface area (Å²) in [5.74, 6) is -0.571. The van der Waals surface area contributed by atoms with Gasteiger partial charge in [-0.3, -0.25) is 0 Å². The van der Waals surface area contributed by atoms with Crippen LogP contribution in [-0.4, -0.2) is 88.6 Å². The molecular formula is C35H31Br6Cl2N5O10. The number of hydrogen-bond donors (Lipinski definition) is 2. The summed E-state index contributed by atoms with van der Waals surface area (Å²) in [6, 6.07) is 16.9. The monoisotopic (exact) mass is 1220 g/mol. The zero-order chi connectivity index (χ0) is 43.9. The Bertz CT molecular complexity index is 2090. The summed E-state index contributed by atoms with van der Waals surface area (Å²) in [6.07, 6.45) is 0. The van der Waals surface area contributed by atoms with Gasteiger partial charge < -0.3 is 33.9 Å². The number of halogens is 8. The van der Waals surface area contributed by atoms with E-state index < -0.39 is 17.9 Å². The van der Waals surface area contributed by atoms with Crippen LogP contribution in [0, 0.1) is 0 Å². The Labute approximate surface area is 393 Å². The molecule has 0 atom stereocenters. The molecule has 5 heterocycles. The van der Waals surface area contributed by atoms with Gasteiger partial charge >= 0.3 is 17.9 Å². The fraction of sp³-hybridized carbons (Fsp3) is 0.200. The van der Waals surface area contributed by atoms with Crippen molar-refractivity contribution in [1.82, 2.24) is 24.9 Å². The van der Waals surface area contributed by atoms with Crippen molar-refractivity contribution in [2.45, 2.75) is 11.9 Å². The largest absolute Gasteiger partial charge is 0.481 e. The number of pyridine rings is 5. The molecule has 0 aromatic carbocycles. The number of rotatable bonds is 8. The molecule has 0 saturated carbocycles. The molecule has 0 radical (unpaired) electrons. The lowest BCUT2D eigenvalue weighted by Crippen LogP contribution is -2.06. The van der Waals surface area contributed by atoms with E-state index in [1.807, 2.05) is 12.1 Å². The van der Waals surface area contributed by atoms with Crippen LogP contribution >= 0.6 is 119 Å². The van der Waals surface area contributed by atoms with Crippen molar-refractivity contribution in [3.8, 4) is 17.6 Å². The van der Waals surface area contributed by atoms with Crippen LogP contribution in [0.2, 0.25) is 10.3 Å². The smallest absolute Gasteiger partial charge is 0.357 e. The molecule has 0 fully saturated rings. The molecule has 23 heteroatoms. The van der Waals surface area contributed by atoms with Gasteiger partial charge in [0, 0.05) is 32.5 Å². The number of carbonyl (C=O) groups is 3. The number of aliphatic hydroxyl groups excluding tert-OH is 1. The Hall–Kier alpha value is -3.02. The highest BCUT2D eigenvalue weighted by Crippen LogP contribution is 2.22. The lowest BCUT2D eigenvalue weighted by Gasteiger charge is -2.03. The normalized spacial score (nSPS) is 9.62.